The summed E-state index contributed by atoms with van der Waals surface area (Å²) in [6.45, 7) is 6.62. The highest BCUT2D eigenvalue weighted by Crippen LogP contribution is 2.31. The Morgan fingerprint density at radius 3 is 2.39 bits per heavy atom. The van der Waals surface area contributed by atoms with E-state index in [0.717, 1.165) is 11.1 Å². The second-order valence-electron chi connectivity index (χ2n) is 9.16. The number of primary amides is 1. The van der Waals surface area contributed by atoms with E-state index in [1.165, 1.54) is 4.90 Å². The number of urea groups is 1. The van der Waals surface area contributed by atoms with E-state index < -0.39 is 45.8 Å². The van der Waals surface area contributed by atoms with Crippen LogP contribution in [-0.2, 0) is 28.4 Å². The first-order valence-electron chi connectivity index (χ1n) is 10.5. The number of rotatable bonds is 9. The van der Waals surface area contributed by atoms with Crippen molar-refractivity contribution in [2.75, 3.05) is 19.8 Å². The van der Waals surface area contributed by atoms with Crippen LogP contribution in [0.5, 0.6) is 0 Å². The maximum atomic E-state index is 12.5. The number of hydrogen-bond acceptors (Lipinski definition) is 8. The van der Waals surface area contributed by atoms with Gasteiger partial charge in [-0.25, -0.2) is 13.8 Å². The lowest BCUT2D eigenvalue weighted by Crippen LogP contribution is -2.47. The van der Waals surface area contributed by atoms with Crippen LogP contribution in [0.2, 0.25) is 0 Å². The van der Waals surface area contributed by atoms with Crippen LogP contribution >= 0.6 is 0 Å². The minimum Gasteiger partial charge on any atom is -0.461 e. The minimum absolute atomic E-state index is 0.103. The molecule has 2 atom stereocenters. The number of nitrogens with two attached hydrogens (primary N) is 1. The number of carbonyl (C=O) groups is 3. The van der Waals surface area contributed by atoms with Crippen LogP contribution < -0.4 is 5.73 Å². The van der Waals surface area contributed by atoms with Crippen LogP contribution in [0, 0.1) is 19.3 Å². The highest BCUT2D eigenvalue weighted by Gasteiger charge is 2.49. The molecule has 0 radical (unpaired) electrons. The molecule has 11 nitrogen and oxygen atoms in total. The fourth-order valence-electron chi connectivity index (χ4n) is 3.89. The molecule has 2 aliphatic rings. The molecule has 2 N–H and O–H groups in total. The zero-order valence-corrected chi connectivity index (χ0v) is 19.9. The van der Waals surface area contributed by atoms with E-state index in [1.807, 2.05) is 6.07 Å². The van der Waals surface area contributed by atoms with Crippen LogP contribution in [0.4, 0.5) is 4.79 Å². The van der Waals surface area contributed by atoms with Gasteiger partial charge in [0.25, 0.3) is 0 Å². The molecule has 2 saturated heterocycles. The molecular weight excluding hydrogens is 454 g/mol. The van der Waals surface area contributed by atoms with Crippen LogP contribution in [-0.4, -0.2) is 68.1 Å². The Morgan fingerprint density at radius 2 is 1.79 bits per heavy atom. The summed E-state index contributed by atoms with van der Waals surface area (Å²) < 4.78 is 40.0. The molecule has 12 heteroatoms. The summed E-state index contributed by atoms with van der Waals surface area (Å²) in [6.07, 6.45) is 0.691. The Kier molecular flexibility index (Phi) is 7.01. The molecule has 0 spiro atoms. The maximum Gasteiger partial charge on any atom is 0.421 e. The van der Waals surface area contributed by atoms with Crippen molar-refractivity contribution in [2.45, 2.75) is 52.6 Å². The summed E-state index contributed by atoms with van der Waals surface area (Å²) in [7, 11) is -4.59. The highest BCUT2D eigenvalue weighted by molar-refractivity contribution is 7.81. The standard InChI is InChI=1S/C21H29N3O8S/c1-13-6-5-7-14(2)17(13)19(26)30-11-21(3,4)12-31-33(28,29)32-24-15-8-9-16(18(22)25)23(10-15)20(24)27/h5-7,15-16H,8-12H2,1-4H3,(H2,22,25)/t15-,16+/m1/s1. The lowest BCUT2D eigenvalue weighted by Gasteiger charge is -2.27. The molecule has 182 valence electrons. The Hall–Kier alpha value is -2.70. The number of aryl methyl sites for hydroxylation is 2. The Labute approximate surface area is 193 Å². The van der Waals surface area contributed by atoms with Gasteiger partial charge in [0.2, 0.25) is 5.91 Å². The number of amides is 3. The molecule has 3 rings (SSSR count). The average molecular weight is 484 g/mol. The number of ether oxygens (including phenoxy) is 1. The number of fused-ring (bicyclic) bond motifs is 2. The molecule has 1 aromatic carbocycles. The second kappa shape index (κ2) is 9.27. The van der Waals surface area contributed by atoms with Gasteiger partial charge in [0.15, 0.2) is 0 Å². The fraction of sp³-hybridized carbons (Fsp3) is 0.571. The summed E-state index contributed by atoms with van der Waals surface area (Å²) in [6, 6.07) is 3.37. The summed E-state index contributed by atoms with van der Waals surface area (Å²) in [5.74, 6) is -1.16. The highest BCUT2D eigenvalue weighted by atomic mass is 32.3. The molecule has 0 aromatic heterocycles. The van der Waals surface area contributed by atoms with Crippen molar-refractivity contribution in [2.24, 2.45) is 11.1 Å². The molecule has 33 heavy (non-hydrogen) atoms. The second-order valence-corrected chi connectivity index (χ2v) is 10.4. The molecule has 3 amide bonds. The smallest absolute Gasteiger partial charge is 0.421 e. The largest absolute Gasteiger partial charge is 0.461 e. The minimum atomic E-state index is -4.59. The van der Waals surface area contributed by atoms with Gasteiger partial charge >= 0.3 is 22.4 Å². The van der Waals surface area contributed by atoms with Crippen LogP contribution in [0.15, 0.2) is 18.2 Å². The predicted molar refractivity (Wildman–Crippen MR) is 116 cm³/mol. The van der Waals surface area contributed by atoms with E-state index in [1.54, 1.807) is 39.8 Å². The van der Waals surface area contributed by atoms with Gasteiger partial charge < -0.3 is 15.4 Å². The molecule has 0 saturated carbocycles. The van der Waals surface area contributed by atoms with E-state index in [9.17, 15) is 22.8 Å². The number of esters is 1. The lowest BCUT2D eigenvalue weighted by atomic mass is 9.96. The SMILES string of the molecule is Cc1cccc(C)c1C(=O)OCC(C)(C)COS(=O)(=O)ON1C(=O)N2C[C@H]1CC[C@H]2C(N)=O. The molecule has 2 fully saturated rings. The Bertz CT molecular complexity index is 1040. The van der Waals surface area contributed by atoms with Gasteiger partial charge in [-0.2, -0.15) is 13.5 Å². The molecule has 2 bridgehead atoms. The van der Waals surface area contributed by atoms with Gasteiger partial charge in [0.1, 0.15) is 6.04 Å². The van der Waals surface area contributed by atoms with Gasteiger partial charge in [-0.3, -0.25) is 4.79 Å². The monoisotopic (exact) mass is 483 g/mol. The number of piperidine rings is 1. The van der Waals surface area contributed by atoms with E-state index in [0.29, 0.717) is 23.5 Å². The summed E-state index contributed by atoms with van der Waals surface area (Å²) in [4.78, 5) is 37.7. The van der Waals surface area contributed by atoms with Crippen molar-refractivity contribution >= 4 is 28.3 Å². The zero-order valence-electron chi connectivity index (χ0n) is 19.1. The van der Waals surface area contributed by atoms with E-state index in [-0.39, 0.29) is 19.8 Å². The van der Waals surface area contributed by atoms with Gasteiger partial charge in [0, 0.05) is 12.0 Å². The summed E-state index contributed by atoms with van der Waals surface area (Å²) in [5, 5.41) is 0.715. The van der Waals surface area contributed by atoms with Crippen molar-refractivity contribution in [3.05, 3.63) is 34.9 Å². The zero-order chi connectivity index (χ0) is 24.6. The van der Waals surface area contributed by atoms with Crippen molar-refractivity contribution in [1.82, 2.24) is 9.96 Å². The van der Waals surface area contributed by atoms with Crippen LogP contribution in [0.1, 0.15) is 48.2 Å². The van der Waals surface area contributed by atoms with Gasteiger partial charge in [-0.15, -0.1) is 4.28 Å². The molecule has 2 aliphatic heterocycles. The van der Waals surface area contributed by atoms with Crippen molar-refractivity contribution < 1.29 is 36.0 Å². The first-order valence-corrected chi connectivity index (χ1v) is 11.9. The number of hydrogen-bond donors (Lipinski definition) is 1. The van der Waals surface area contributed by atoms with E-state index in [4.69, 9.17) is 18.9 Å². The van der Waals surface area contributed by atoms with Gasteiger partial charge in [-0.05, 0) is 37.8 Å². The average Bonchev–Trinajstić information content (AvgIpc) is 2.95. The number of nitrogens with zero attached hydrogens (tertiary/aromatic N) is 2. The quantitative estimate of drug-likeness (QED) is 0.519. The topological polar surface area (TPSA) is 146 Å². The maximum absolute atomic E-state index is 12.5. The number of carbonyl (C=O) groups excluding carboxylic acids is 3. The molecule has 0 aliphatic carbocycles. The third kappa shape index (κ3) is 5.63. The van der Waals surface area contributed by atoms with Gasteiger partial charge in [0.05, 0.1) is 24.8 Å². The molecule has 2 heterocycles. The molecular formula is C21H29N3O8S. The van der Waals surface area contributed by atoms with Crippen LogP contribution in [0.25, 0.3) is 0 Å². The van der Waals surface area contributed by atoms with Crippen molar-refractivity contribution in [3.63, 3.8) is 0 Å². The van der Waals surface area contributed by atoms with E-state index in [2.05, 4.69) is 0 Å². The van der Waals surface area contributed by atoms with Gasteiger partial charge in [-0.1, -0.05) is 32.0 Å². The third-order valence-electron chi connectivity index (χ3n) is 5.70. The lowest BCUT2D eigenvalue weighted by molar-refractivity contribution is -0.122. The summed E-state index contributed by atoms with van der Waals surface area (Å²) in [5.41, 5.74) is 6.47. The molecule has 1 aromatic rings. The Morgan fingerprint density at radius 1 is 1.15 bits per heavy atom. The number of benzene rings is 1. The third-order valence-corrected chi connectivity index (χ3v) is 6.45. The van der Waals surface area contributed by atoms with E-state index >= 15 is 0 Å². The molecule has 0 unspecified atom stereocenters. The number of hydroxylamine groups is 2. The first-order chi connectivity index (χ1) is 15.3. The van der Waals surface area contributed by atoms with Crippen molar-refractivity contribution in [3.8, 4) is 0 Å². The normalized spacial score (nSPS) is 20.8. The first kappa shape index (κ1) is 24.9. The van der Waals surface area contributed by atoms with Crippen LogP contribution in [0.3, 0.4) is 0 Å². The van der Waals surface area contributed by atoms with Crippen molar-refractivity contribution in [1.29, 1.82) is 0 Å². The predicted octanol–water partition coefficient (Wildman–Crippen LogP) is 1.43. The Balaban J connectivity index is 1.55. The summed E-state index contributed by atoms with van der Waals surface area (Å²) >= 11 is 0. The fourth-order valence-corrected chi connectivity index (χ4v) is 4.78.